The second-order valence-electron chi connectivity index (χ2n) is 7.03. The SMILES string of the molecule is CC(C)Cc1ccc(C(C)NC(=O)COC(C)(C)C)cc1. The van der Waals surface area contributed by atoms with E-state index in [1.807, 2.05) is 27.7 Å². The van der Waals surface area contributed by atoms with E-state index in [-0.39, 0.29) is 24.2 Å². The van der Waals surface area contributed by atoms with Crippen LogP contribution in [-0.2, 0) is 16.0 Å². The molecule has 0 radical (unpaired) electrons. The molecule has 21 heavy (non-hydrogen) atoms. The molecule has 0 saturated carbocycles. The Labute approximate surface area is 129 Å². The zero-order chi connectivity index (χ0) is 16.0. The number of ether oxygens (including phenoxy) is 1. The molecule has 0 aliphatic rings. The Balaban J connectivity index is 2.51. The molecule has 1 aromatic rings. The molecule has 1 rings (SSSR count). The maximum absolute atomic E-state index is 11.8. The summed E-state index contributed by atoms with van der Waals surface area (Å²) >= 11 is 0. The van der Waals surface area contributed by atoms with Crippen molar-refractivity contribution in [2.75, 3.05) is 6.61 Å². The zero-order valence-electron chi connectivity index (χ0n) is 14.2. The summed E-state index contributed by atoms with van der Waals surface area (Å²) in [6, 6.07) is 8.46. The molecule has 0 saturated heterocycles. The fourth-order valence-corrected chi connectivity index (χ4v) is 2.06. The molecule has 1 aromatic carbocycles. The first-order valence-corrected chi connectivity index (χ1v) is 7.69. The third kappa shape index (κ3) is 7.28. The van der Waals surface area contributed by atoms with Gasteiger partial charge in [-0.3, -0.25) is 4.79 Å². The topological polar surface area (TPSA) is 38.3 Å². The first kappa shape index (κ1) is 17.7. The smallest absolute Gasteiger partial charge is 0.246 e. The van der Waals surface area contributed by atoms with Gasteiger partial charge in [0.05, 0.1) is 11.6 Å². The van der Waals surface area contributed by atoms with Crippen LogP contribution in [0, 0.1) is 5.92 Å². The molecule has 0 bridgehead atoms. The van der Waals surface area contributed by atoms with Crippen LogP contribution in [-0.4, -0.2) is 18.1 Å². The van der Waals surface area contributed by atoms with Gasteiger partial charge in [0, 0.05) is 0 Å². The van der Waals surface area contributed by atoms with E-state index in [0.717, 1.165) is 12.0 Å². The van der Waals surface area contributed by atoms with E-state index < -0.39 is 0 Å². The van der Waals surface area contributed by atoms with Crippen molar-refractivity contribution in [3.8, 4) is 0 Å². The average Bonchev–Trinajstić information content (AvgIpc) is 2.35. The molecule has 0 fully saturated rings. The van der Waals surface area contributed by atoms with Gasteiger partial charge in [-0.25, -0.2) is 0 Å². The van der Waals surface area contributed by atoms with Crippen LogP contribution in [0.15, 0.2) is 24.3 Å². The number of nitrogens with one attached hydrogen (secondary N) is 1. The summed E-state index contributed by atoms with van der Waals surface area (Å²) in [5, 5.41) is 2.97. The second kappa shape index (κ2) is 7.60. The lowest BCUT2D eigenvalue weighted by Gasteiger charge is -2.20. The largest absolute Gasteiger partial charge is 0.366 e. The maximum atomic E-state index is 11.8. The minimum Gasteiger partial charge on any atom is -0.366 e. The van der Waals surface area contributed by atoms with Gasteiger partial charge in [-0.1, -0.05) is 38.1 Å². The van der Waals surface area contributed by atoms with Crippen LogP contribution < -0.4 is 5.32 Å². The van der Waals surface area contributed by atoms with Crippen molar-refractivity contribution in [3.63, 3.8) is 0 Å². The predicted molar refractivity (Wildman–Crippen MR) is 87.2 cm³/mol. The highest BCUT2D eigenvalue weighted by Crippen LogP contribution is 2.15. The van der Waals surface area contributed by atoms with Crippen molar-refractivity contribution in [1.29, 1.82) is 0 Å². The Bertz CT molecular complexity index is 443. The van der Waals surface area contributed by atoms with E-state index in [0.29, 0.717) is 5.92 Å². The van der Waals surface area contributed by atoms with Gasteiger partial charge in [0.1, 0.15) is 6.61 Å². The maximum Gasteiger partial charge on any atom is 0.246 e. The van der Waals surface area contributed by atoms with Crippen molar-refractivity contribution in [2.24, 2.45) is 5.92 Å². The van der Waals surface area contributed by atoms with Gasteiger partial charge in [0.2, 0.25) is 5.91 Å². The molecular formula is C18H29NO2. The van der Waals surface area contributed by atoms with E-state index in [2.05, 4.69) is 43.4 Å². The monoisotopic (exact) mass is 291 g/mol. The third-order valence-corrected chi connectivity index (χ3v) is 3.14. The van der Waals surface area contributed by atoms with Gasteiger partial charge in [-0.2, -0.15) is 0 Å². The highest BCUT2D eigenvalue weighted by atomic mass is 16.5. The normalized spacial score (nSPS) is 13.3. The summed E-state index contributed by atoms with van der Waals surface area (Å²) in [5.41, 5.74) is 2.16. The van der Waals surface area contributed by atoms with Crippen LogP contribution in [0.4, 0.5) is 0 Å². The minimum absolute atomic E-state index is 0.00540. The molecule has 0 aliphatic heterocycles. The van der Waals surface area contributed by atoms with Crippen LogP contribution in [0.1, 0.15) is 58.7 Å². The molecule has 0 heterocycles. The predicted octanol–water partition coefficient (Wildman–Crippen LogP) is 3.88. The van der Waals surface area contributed by atoms with Crippen LogP contribution in [0.2, 0.25) is 0 Å². The average molecular weight is 291 g/mol. The first-order valence-electron chi connectivity index (χ1n) is 7.69. The number of hydrogen-bond donors (Lipinski definition) is 1. The van der Waals surface area contributed by atoms with Crippen LogP contribution in [0.5, 0.6) is 0 Å². The van der Waals surface area contributed by atoms with Crippen molar-refractivity contribution in [1.82, 2.24) is 5.32 Å². The summed E-state index contributed by atoms with van der Waals surface area (Å²) < 4.78 is 5.48. The quantitative estimate of drug-likeness (QED) is 0.864. The highest BCUT2D eigenvalue weighted by molar-refractivity contribution is 5.77. The molecule has 0 aliphatic carbocycles. The van der Waals surface area contributed by atoms with E-state index in [4.69, 9.17) is 4.74 Å². The minimum atomic E-state index is -0.293. The lowest BCUT2D eigenvalue weighted by molar-refractivity contribution is -0.131. The lowest BCUT2D eigenvalue weighted by Crippen LogP contribution is -2.33. The van der Waals surface area contributed by atoms with Gasteiger partial charge in [-0.15, -0.1) is 0 Å². The van der Waals surface area contributed by atoms with E-state index in [1.54, 1.807) is 0 Å². The second-order valence-corrected chi connectivity index (χ2v) is 7.03. The van der Waals surface area contributed by atoms with Crippen molar-refractivity contribution in [3.05, 3.63) is 35.4 Å². The van der Waals surface area contributed by atoms with Gasteiger partial charge in [0.25, 0.3) is 0 Å². The molecule has 3 heteroatoms. The summed E-state index contributed by atoms with van der Waals surface area (Å²) in [6.45, 7) is 12.3. The van der Waals surface area contributed by atoms with Gasteiger partial charge >= 0.3 is 0 Å². The number of carbonyl (C=O) groups is 1. The fraction of sp³-hybridized carbons (Fsp3) is 0.611. The summed E-state index contributed by atoms with van der Waals surface area (Å²) in [7, 11) is 0. The Kier molecular flexibility index (Phi) is 6.41. The van der Waals surface area contributed by atoms with Gasteiger partial charge in [-0.05, 0) is 51.2 Å². The van der Waals surface area contributed by atoms with E-state index >= 15 is 0 Å². The van der Waals surface area contributed by atoms with Gasteiger partial charge < -0.3 is 10.1 Å². The Morgan fingerprint density at radius 2 is 1.71 bits per heavy atom. The van der Waals surface area contributed by atoms with Crippen molar-refractivity contribution in [2.45, 2.75) is 59.6 Å². The number of rotatable bonds is 6. The highest BCUT2D eigenvalue weighted by Gasteiger charge is 2.15. The molecule has 0 spiro atoms. The zero-order valence-corrected chi connectivity index (χ0v) is 14.2. The fourth-order valence-electron chi connectivity index (χ4n) is 2.06. The van der Waals surface area contributed by atoms with Crippen molar-refractivity contribution < 1.29 is 9.53 Å². The Hall–Kier alpha value is -1.35. The lowest BCUT2D eigenvalue weighted by atomic mass is 10.00. The standard InChI is InChI=1S/C18H29NO2/c1-13(2)11-15-7-9-16(10-8-15)14(3)19-17(20)12-21-18(4,5)6/h7-10,13-14H,11-12H2,1-6H3,(H,19,20). The summed E-state index contributed by atoms with van der Waals surface area (Å²) in [5.74, 6) is 0.575. The number of amides is 1. The van der Waals surface area contributed by atoms with Crippen LogP contribution >= 0.6 is 0 Å². The molecule has 0 aromatic heterocycles. The number of hydrogen-bond acceptors (Lipinski definition) is 2. The van der Waals surface area contributed by atoms with Crippen molar-refractivity contribution >= 4 is 5.91 Å². The molecule has 1 atom stereocenters. The van der Waals surface area contributed by atoms with E-state index in [9.17, 15) is 4.79 Å². The molecule has 118 valence electrons. The number of carbonyl (C=O) groups excluding carboxylic acids is 1. The molecule has 3 nitrogen and oxygen atoms in total. The summed E-state index contributed by atoms with van der Waals surface area (Å²) in [6.07, 6.45) is 1.08. The third-order valence-electron chi connectivity index (χ3n) is 3.14. The Morgan fingerprint density at radius 3 is 2.19 bits per heavy atom. The van der Waals surface area contributed by atoms with Crippen LogP contribution in [0.25, 0.3) is 0 Å². The molecular weight excluding hydrogens is 262 g/mol. The van der Waals surface area contributed by atoms with Crippen LogP contribution in [0.3, 0.4) is 0 Å². The summed E-state index contributed by atoms with van der Waals surface area (Å²) in [4.78, 5) is 11.8. The molecule has 1 unspecified atom stereocenters. The molecule has 1 N–H and O–H groups in total. The number of benzene rings is 1. The van der Waals surface area contributed by atoms with E-state index in [1.165, 1.54) is 5.56 Å². The molecule has 1 amide bonds. The van der Waals surface area contributed by atoms with Gasteiger partial charge in [0.15, 0.2) is 0 Å². The first-order chi connectivity index (χ1) is 9.67. The Morgan fingerprint density at radius 1 is 1.14 bits per heavy atom.